The first-order chi connectivity index (χ1) is 16.5. The predicted molar refractivity (Wildman–Crippen MR) is 136 cm³/mol. The summed E-state index contributed by atoms with van der Waals surface area (Å²) in [6.07, 6.45) is 2.01. The molecule has 1 atom stereocenters. The van der Waals surface area contributed by atoms with Crippen LogP contribution in [-0.2, 0) is 20.1 Å². The van der Waals surface area contributed by atoms with E-state index in [-0.39, 0.29) is 11.6 Å². The van der Waals surface area contributed by atoms with Gasteiger partial charge in [0.05, 0.1) is 6.54 Å². The highest BCUT2D eigenvalue weighted by molar-refractivity contribution is 5.75. The molecule has 3 N–H and O–H groups in total. The zero-order chi connectivity index (χ0) is 23.7. The first-order valence-corrected chi connectivity index (χ1v) is 11.8. The van der Waals surface area contributed by atoms with Gasteiger partial charge in [0.2, 0.25) is 11.9 Å². The summed E-state index contributed by atoms with van der Waals surface area (Å²) in [6.45, 7) is 4.77. The molecule has 3 heterocycles. The number of hydrogen-bond donors (Lipinski definition) is 2. The van der Waals surface area contributed by atoms with Gasteiger partial charge < -0.3 is 16.0 Å². The summed E-state index contributed by atoms with van der Waals surface area (Å²) in [6, 6.07) is 18.5. The third kappa shape index (κ3) is 4.41. The van der Waals surface area contributed by atoms with Crippen molar-refractivity contribution in [3.05, 3.63) is 81.6 Å². The minimum Gasteiger partial charge on any atom is -0.351 e. The lowest BCUT2D eigenvalue weighted by Crippen LogP contribution is -2.44. The molecule has 1 unspecified atom stereocenters. The number of nitrogens with two attached hydrogens (primary N) is 1. The van der Waals surface area contributed by atoms with Gasteiger partial charge in [0.15, 0.2) is 11.2 Å². The van der Waals surface area contributed by atoms with Crippen LogP contribution >= 0.6 is 0 Å². The number of rotatable bonds is 6. The standard InChI is InChI=1S/C26H31N7O/c1-18-10-12-19(13-11-18)15-28-25-29-23-22(24(34)31(25)2)33(16-20-7-4-3-5-8-20)26(30-23)32-14-6-9-21(27)17-32/h3-5,7-8,10-13,21H,6,9,14-17,27H2,1-2H3,(H,28,29). The summed E-state index contributed by atoms with van der Waals surface area (Å²) < 4.78 is 3.58. The molecule has 0 bridgehead atoms. The Morgan fingerprint density at radius 2 is 1.82 bits per heavy atom. The van der Waals surface area contributed by atoms with Crippen LogP contribution in [0.5, 0.6) is 0 Å². The highest BCUT2D eigenvalue weighted by Gasteiger charge is 2.25. The molecule has 2 aromatic carbocycles. The first-order valence-electron chi connectivity index (χ1n) is 11.8. The summed E-state index contributed by atoms with van der Waals surface area (Å²) >= 11 is 0. The Labute approximate surface area is 199 Å². The minimum atomic E-state index is -0.118. The number of hydrogen-bond acceptors (Lipinski definition) is 6. The molecule has 4 aromatic rings. The molecule has 1 saturated heterocycles. The number of nitrogens with zero attached hydrogens (tertiary/aromatic N) is 5. The Balaban J connectivity index is 1.56. The van der Waals surface area contributed by atoms with Crippen molar-refractivity contribution in [3.63, 3.8) is 0 Å². The minimum absolute atomic E-state index is 0.0984. The van der Waals surface area contributed by atoms with Crippen LogP contribution in [-0.4, -0.2) is 38.2 Å². The van der Waals surface area contributed by atoms with E-state index in [4.69, 9.17) is 15.7 Å². The highest BCUT2D eigenvalue weighted by atomic mass is 16.1. The molecule has 1 aliphatic rings. The maximum Gasteiger partial charge on any atom is 0.281 e. The molecular formula is C26H31N7O. The summed E-state index contributed by atoms with van der Waals surface area (Å²) in [5.74, 6) is 1.26. The van der Waals surface area contributed by atoms with Gasteiger partial charge in [-0.05, 0) is 30.9 Å². The van der Waals surface area contributed by atoms with Crippen LogP contribution < -0.4 is 21.5 Å². The lowest BCUT2D eigenvalue weighted by molar-refractivity contribution is 0.495. The second kappa shape index (κ2) is 9.30. The molecule has 8 nitrogen and oxygen atoms in total. The summed E-state index contributed by atoms with van der Waals surface area (Å²) in [5, 5.41) is 3.32. The number of aryl methyl sites for hydroxylation is 1. The Morgan fingerprint density at radius 3 is 2.56 bits per heavy atom. The third-order valence-electron chi connectivity index (χ3n) is 6.46. The molecule has 176 valence electrons. The van der Waals surface area contributed by atoms with Crippen molar-refractivity contribution in [1.29, 1.82) is 0 Å². The van der Waals surface area contributed by atoms with E-state index in [1.54, 1.807) is 11.6 Å². The van der Waals surface area contributed by atoms with E-state index >= 15 is 0 Å². The van der Waals surface area contributed by atoms with E-state index in [9.17, 15) is 4.79 Å². The van der Waals surface area contributed by atoms with Gasteiger partial charge >= 0.3 is 0 Å². The average Bonchev–Trinajstić information content (AvgIpc) is 3.20. The number of imidazole rings is 1. The number of aromatic nitrogens is 4. The molecule has 1 fully saturated rings. The van der Waals surface area contributed by atoms with Gasteiger partial charge in [0.1, 0.15) is 0 Å². The lowest BCUT2D eigenvalue weighted by atomic mass is 10.1. The van der Waals surface area contributed by atoms with E-state index < -0.39 is 0 Å². The zero-order valence-corrected chi connectivity index (χ0v) is 19.7. The molecule has 8 heteroatoms. The van der Waals surface area contributed by atoms with Gasteiger partial charge in [-0.2, -0.15) is 9.97 Å². The first kappa shape index (κ1) is 22.2. The smallest absolute Gasteiger partial charge is 0.281 e. The molecular weight excluding hydrogens is 426 g/mol. The zero-order valence-electron chi connectivity index (χ0n) is 19.7. The molecule has 0 aliphatic carbocycles. The summed E-state index contributed by atoms with van der Waals surface area (Å²) in [5.41, 5.74) is 10.6. The molecule has 1 aliphatic heterocycles. The van der Waals surface area contributed by atoms with Crippen molar-refractivity contribution in [2.45, 2.75) is 38.9 Å². The van der Waals surface area contributed by atoms with Crippen molar-refractivity contribution < 1.29 is 0 Å². The van der Waals surface area contributed by atoms with Crippen molar-refractivity contribution in [1.82, 2.24) is 19.1 Å². The van der Waals surface area contributed by atoms with Crippen LogP contribution in [0.15, 0.2) is 59.4 Å². The highest BCUT2D eigenvalue weighted by Crippen LogP contribution is 2.25. The van der Waals surface area contributed by atoms with Crippen molar-refractivity contribution in [3.8, 4) is 0 Å². The Kier molecular flexibility index (Phi) is 6.06. The number of benzene rings is 2. The maximum absolute atomic E-state index is 13.6. The van der Waals surface area contributed by atoms with Gasteiger partial charge in [-0.3, -0.25) is 13.9 Å². The Hall–Kier alpha value is -3.65. The maximum atomic E-state index is 13.6. The molecule has 0 amide bonds. The molecule has 0 spiro atoms. The number of anilines is 2. The largest absolute Gasteiger partial charge is 0.351 e. The van der Waals surface area contributed by atoms with Gasteiger partial charge in [-0.25, -0.2) is 0 Å². The third-order valence-corrected chi connectivity index (χ3v) is 6.46. The van der Waals surface area contributed by atoms with E-state index in [1.165, 1.54) is 5.56 Å². The van der Waals surface area contributed by atoms with E-state index in [0.29, 0.717) is 30.2 Å². The van der Waals surface area contributed by atoms with Crippen LogP contribution in [0.25, 0.3) is 11.2 Å². The van der Waals surface area contributed by atoms with Crippen LogP contribution in [0.2, 0.25) is 0 Å². The molecule has 34 heavy (non-hydrogen) atoms. The predicted octanol–water partition coefficient (Wildman–Crippen LogP) is 3.03. The van der Waals surface area contributed by atoms with Crippen LogP contribution in [0.4, 0.5) is 11.9 Å². The van der Waals surface area contributed by atoms with Crippen LogP contribution in [0.1, 0.15) is 29.5 Å². The number of nitrogens with one attached hydrogen (secondary N) is 1. The van der Waals surface area contributed by atoms with Gasteiger partial charge in [-0.1, -0.05) is 60.2 Å². The summed E-state index contributed by atoms with van der Waals surface area (Å²) in [7, 11) is 1.75. The molecule has 0 saturated carbocycles. The Morgan fingerprint density at radius 1 is 1.06 bits per heavy atom. The second-order valence-corrected chi connectivity index (χ2v) is 9.14. The quantitative estimate of drug-likeness (QED) is 0.462. The van der Waals surface area contributed by atoms with Gasteiger partial charge in [-0.15, -0.1) is 0 Å². The van der Waals surface area contributed by atoms with Crippen LogP contribution in [0, 0.1) is 6.92 Å². The monoisotopic (exact) mass is 457 g/mol. The topological polar surface area (TPSA) is 94.0 Å². The normalized spacial score (nSPS) is 16.2. The SMILES string of the molecule is Cc1ccc(CNc2nc3nc(N4CCCC(N)C4)n(Cc4ccccc4)c3c(=O)n2C)cc1. The van der Waals surface area contributed by atoms with E-state index in [0.717, 1.165) is 43.0 Å². The fourth-order valence-electron chi connectivity index (χ4n) is 4.54. The van der Waals surface area contributed by atoms with Gasteiger partial charge in [0, 0.05) is 32.7 Å². The van der Waals surface area contributed by atoms with Crippen molar-refractivity contribution in [2.24, 2.45) is 12.8 Å². The number of piperidine rings is 1. The lowest BCUT2D eigenvalue weighted by Gasteiger charge is -2.31. The number of fused-ring (bicyclic) bond motifs is 1. The molecule has 2 aromatic heterocycles. The fraction of sp³-hybridized carbons (Fsp3) is 0.346. The Bertz CT molecular complexity index is 1340. The summed E-state index contributed by atoms with van der Waals surface area (Å²) in [4.78, 5) is 25.4. The van der Waals surface area contributed by atoms with E-state index in [2.05, 4.69) is 53.5 Å². The fourth-order valence-corrected chi connectivity index (χ4v) is 4.54. The molecule has 0 radical (unpaired) electrons. The second-order valence-electron chi connectivity index (χ2n) is 9.14. The molecule has 5 rings (SSSR count). The average molecular weight is 458 g/mol. The van der Waals surface area contributed by atoms with E-state index in [1.807, 2.05) is 22.8 Å². The van der Waals surface area contributed by atoms with Crippen molar-refractivity contribution >= 4 is 23.1 Å². The van der Waals surface area contributed by atoms with Crippen LogP contribution in [0.3, 0.4) is 0 Å². The van der Waals surface area contributed by atoms with Crippen molar-refractivity contribution in [2.75, 3.05) is 23.3 Å². The van der Waals surface area contributed by atoms with Gasteiger partial charge in [0.25, 0.3) is 5.56 Å².